The summed E-state index contributed by atoms with van der Waals surface area (Å²) < 4.78 is 0. The van der Waals surface area contributed by atoms with Crippen LogP contribution in [0, 0.1) is 5.41 Å². The number of carbonyl (C=O) groups is 1. The summed E-state index contributed by atoms with van der Waals surface area (Å²) in [6.45, 7) is 6.98. The lowest BCUT2D eigenvalue weighted by Crippen LogP contribution is -2.45. The van der Waals surface area contributed by atoms with E-state index in [0.717, 1.165) is 52.0 Å². The topological polar surface area (TPSA) is 23.6 Å². The molecular weight excluding hydrogens is 260 g/mol. The molecule has 0 N–H and O–H groups in total. The summed E-state index contributed by atoms with van der Waals surface area (Å²) in [5.74, 6) is 1.09. The Balaban J connectivity index is 1.92. The molecule has 0 aromatic heterocycles. The summed E-state index contributed by atoms with van der Waals surface area (Å²) in [7, 11) is 0. The molecule has 110 valence electrons. The predicted molar refractivity (Wildman–Crippen MR) is 79.5 cm³/mol. The predicted octanol–water partition coefficient (Wildman–Crippen LogP) is 2.73. The summed E-state index contributed by atoms with van der Waals surface area (Å²) in [6, 6.07) is 0. The summed E-state index contributed by atoms with van der Waals surface area (Å²) in [6.07, 6.45) is 6.97. The highest BCUT2D eigenvalue weighted by atomic mass is 35.5. The molecule has 2 fully saturated rings. The average Bonchev–Trinajstić information content (AvgIpc) is 2.65. The van der Waals surface area contributed by atoms with Crippen LogP contribution in [0.2, 0.25) is 0 Å². The van der Waals surface area contributed by atoms with Crippen molar-refractivity contribution >= 4 is 17.5 Å². The van der Waals surface area contributed by atoms with Crippen LogP contribution in [0.5, 0.6) is 0 Å². The van der Waals surface area contributed by atoms with E-state index in [-0.39, 0.29) is 5.41 Å². The van der Waals surface area contributed by atoms with E-state index in [1.165, 1.54) is 19.3 Å². The largest absolute Gasteiger partial charge is 0.341 e. The summed E-state index contributed by atoms with van der Waals surface area (Å²) in [5.41, 5.74) is -0.0834. The van der Waals surface area contributed by atoms with Crippen molar-refractivity contribution in [3.8, 4) is 0 Å². The van der Waals surface area contributed by atoms with E-state index in [9.17, 15) is 4.79 Å². The van der Waals surface area contributed by atoms with Gasteiger partial charge in [0.25, 0.3) is 0 Å². The van der Waals surface area contributed by atoms with Crippen LogP contribution in [0.15, 0.2) is 0 Å². The monoisotopic (exact) mass is 286 g/mol. The van der Waals surface area contributed by atoms with E-state index in [0.29, 0.717) is 11.8 Å². The third-order valence-corrected chi connectivity index (χ3v) is 4.92. The summed E-state index contributed by atoms with van der Waals surface area (Å²) in [4.78, 5) is 17.3. The van der Waals surface area contributed by atoms with Gasteiger partial charge in [-0.25, -0.2) is 0 Å². The lowest BCUT2D eigenvalue weighted by Gasteiger charge is -2.36. The van der Waals surface area contributed by atoms with Crippen molar-refractivity contribution in [1.82, 2.24) is 9.80 Å². The molecule has 1 amide bonds. The Hall–Kier alpha value is -0.280. The molecule has 0 atom stereocenters. The molecule has 2 aliphatic rings. The average molecular weight is 287 g/mol. The second-order valence-electron chi connectivity index (χ2n) is 6.30. The van der Waals surface area contributed by atoms with Crippen LogP contribution >= 0.6 is 11.6 Å². The number of hydrogen-bond donors (Lipinski definition) is 0. The molecule has 2 rings (SSSR count). The minimum absolute atomic E-state index is 0.0834. The lowest BCUT2D eigenvalue weighted by molar-refractivity contribution is -0.143. The molecule has 1 saturated heterocycles. The van der Waals surface area contributed by atoms with Crippen molar-refractivity contribution in [1.29, 1.82) is 0 Å². The number of hydrogen-bond acceptors (Lipinski definition) is 2. The quantitative estimate of drug-likeness (QED) is 0.745. The maximum absolute atomic E-state index is 12.8. The molecule has 1 aliphatic carbocycles. The standard InChI is InChI=1S/C15H27ClN2O/c1-15(6-3-2-4-7-15)14(19)18-10-5-9-17(11-8-16)12-13-18/h2-13H2,1H3. The van der Waals surface area contributed by atoms with Crippen molar-refractivity contribution in [2.75, 3.05) is 38.6 Å². The van der Waals surface area contributed by atoms with Gasteiger partial charge in [0.15, 0.2) is 0 Å². The van der Waals surface area contributed by atoms with Gasteiger partial charge in [-0.1, -0.05) is 26.2 Å². The zero-order chi connectivity index (χ0) is 13.7. The zero-order valence-corrected chi connectivity index (χ0v) is 12.9. The molecule has 0 spiro atoms. The molecule has 4 heteroatoms. The van der Waals surface area contributed by atoms with Gasteiger partial charge in [-0.2, -0.15) is 0 Å². The van der Waals surface area contributed by atoms with E-state index < -0.39 is 0 Å². The van der Waals surface area contributed by atoms with Gasteiger partial charge in [0.2, 0.25) is 5.91 Å². The number of nitrogens with zero attached hydrogens (tertiary/aromatic N) is 2. The van der Waals surface area contributed by atoms with Crippen molar-refractivity contribution in [3.05, 3.63) is 0 Å². The van der Waals surface area contributed by atoms with Crippen LogP contribution in [-0.2, 0) is 4.79 Å². The van der Waals surface area contributed by atoms with Crippen LogP contribution in [-0.4, -0.2) is 54.3 Å². The fourth-order valence-electron chi connectivity index (χ4n) is 3.44. The molecule has 0 bridgehead atoms. The van der Waals surface area contributed by atoms with E-state index in [4.69, 9.17) is 11.6 Å². The van der Waals surface area contributed by atoms with E-state index >= 15 is 0 Å². The molecule has 1 aliphatic heterocycles. The fourth-order valence-corrected chi connectivity index (χ4v) is 3.68. The zero-order valence-electron chi connectivity index (χ0n) is 12.2. The first-order valence-electron chi connectivity index (χ1n) is 7.73. The molecule has 1 saturated carbocycles. The smallest absolute Gasteiger partial charge is 0.228 e. The summed E-state index contributed by atoms with van der Waals surface area (Å²) in [5, 5.41) is 0. The highest BCUT2D eigenvalue weighted by Crippen LogP contribution is 2.37. The molecule has 0 aromatic rings. The number of halogens is 1. The van der Waals surface area contributed by atoms with Gasteiger partial charge in [-0.3, -0.25) is 4.79 Å². The van der Waals surface area contributed by atoms with Gasteiger partial charge in [0.1, 0.15) is 0 Å². The highest BCUT2D eigenvalue weighted by molar-refractivity contribution is 6.18. The molecular formula is C15H27ClN2O. The number of carbonyl (C=O) groups excluding carboxylic acids is 1. The van der Waals surface area contributed by atoms with Gasteiger partial charge in [0.05, 0.1) is 0 Å². The Morgan fingerprint density at radius 2 is 1.79 bits per heavy atom. The summed E-state index contributed by atoms with van der Waals surface area (Å²) >= 11 is 5.81. The van der Waals surface area contributed by atoms with E-state index in [1.54, 1.807) is 0 Å². The van der Waals surface area contributed by atoms with Crippen LogP contribution in [0.4, 0.5) is 0 Å². The third-order valence-electron chi connectivity index (χ3n) is 4.75. The SMILES string of the molecule is CC1(C(=O)N2CCCN(CCCl)CC2)CCCCC1. The van der Waals surface area contributed by atoms with Crippen LogP contribution < -0.4 is 0 Å². The molecule has 0 aromatic carbocycles. The van der Waals surface area contributed by atoms with Gasteiger partial charge in [-0.05, 0) is 25.8 Å². The molecule has 1 heterocycles. The van der Waals surface area contributed by atoms with Crippen LogP contribution in [0.1, 0.15) is 45.4 Å². The Kier molecular flexibility index (Phi) is 5.52. The number of amides is 1. The second kappa shape index (κ2) is 6.94. The lowest BCUT2D eigenvalue weighted by atomic mass is 9.74. The number of rotatable bonds is 3. The maximum Gasteiger partial charge on any atom is 0.228 e. The highest BCUT2D eigenvalue weighted by Gasteiger charge is 2.37. The van der Waals surface area contributed by atoms with E-state index in [2.05, 4.69) is 16.7 Å². The Labute approximate surface area is 122 Å². The maximum atomic E-state index is 12.8. The number of alkyl halides is 1. The Bertz CT molecular complexity index is 303. The van der Waals surface area contributed by atoms with Gasteiger partial charge < -0.3 is 9.80 Å². The van der Waals surface area contributed by atoms with Crippen LogP contribution in [0.25, 0.3) is 0 Å². The van der Waals surface area contributed by atoms with E-state index in [1.807, 2.05) is 0 Å². The van der Waals surface area contributed by atoms with Crippen molar-refractivity contribution in [2.45, 2.75) is 45.4 Å². The minimum Gasteiger partial charge on any atom is -0.341 e. The molecule has 3 nitrogen and oxygen atoms in total. The Morgan fingerprint density at radius 3 is 2.47 bits per heavy atom. The second-order valence-corrected chi connectivity index (χ2v) is 6.68. The Morgan fingerprint density at radius 1 is 1.05 bits per heavy atom. The first-order valence-corrected chi connectivity index (χ1v) is 8.27. The first kappa shape index (κ1) is 15.1. The molecule has 0 unspecified atom stereocenters. The van der Waals surface area contributed by atoms with Gasteiger partial charge in [0, 0.05) is 37.5 Å². The third kappa shape index (κ3) is 3.85. The van der Waals surface area contributed by atoms with Crippen molar-refractivity contribution in [2.24, 2.45) is 5.41 Å². The van der Waals surface area contributed by atoms with Crippen LogP contribution in [0.3, 0.4) is 0 Å². The van der Waals surface area contributed by atoms with Gasteiger partial charge >= 0.3 is 0 Å². The molecule has 0 radical (unpaired) electrons. The first-order chi connectivity index (χ1) is 9.15. The van der Waals surface area contributed by atoms with Crippen molar-refractivity contribution < 1.29 is 4.79 Å². The molecule has 19 heavy (non-hydrogen) atoms. The fraction of sp³-hybridized carbons (Fsp3) is 0.933. The van der Waals surface area contributed by atoms with Crippen molar-refractivity contribution in [3.63, 3.8) is 0 Å². The normalized spacial score (nSPS) is 25.1. The van der Waals surface area contributed by atoms with Gasteiger partial charge in [-0.15, -0.1) is 11.6 Å². The minimum atomic E-state index is -0.0834.